The Balaban J connectivity index is 2.12. The number of hydrogen-bond acceptors (Lipinski definition) is 4. The van der Waals surface area contributed by atoms with Crippen LogP contribution in [0.2, 0.25) is 0 Å². The summed E-state index contributed by atoms with van der Waals surface area (Å²) in [5, 5.41) is 2.99. The summed E-state index contributed by atoms with van der Waals surface area (Å²) in [6.45, 7) is 9.99. The highest BCUT2D eigenvalue weighted by molar-refractivity contribution is 7.99. The number of carbonyl (C=O) groups excluding carboxylic acids is 2. The fraction of sp³-hybridized carbons (Fsp3) is 0.440. The summed E-state index contributed by atoms with van der Waals surface area (Å²) in [6.07, 6.45) is 0. The Morgan fingerprint density at radius 2 is 1.77 bits per heavy atom. The minimum atomic E-state index is -0.586. The van der Waals surface area contributed by atoms with Crippen LogP contribution in [0.5, 0.6) is 5.75 Å². The summed E-state index contributed by atoms with van der Waals surface area (Å²) in [7, 11) is 1.61. The molecule has 0 radical (unpaired) electrons. The Kier molecular flexibility index (Phi) is 8.99. The molecule has 0 aromatic heterocycles. The van der Waals surface area contributed by atoms with Crippen LogP contribution < -0.4 is 10.1 Å². The van der Waals surface area contributed by atoms with Crippen molar-refractivity contribution < 1.29 is 14.3 Å². The molecule has 5 nitrogen and oxygen atoms in total. The van der Waals surface area contributed by atoms with Gasteiger partial charge in [-0.3, -0.25) is 9.59 Å². The summed E-state index contributed by atoms with van der Waals surface area (Å²) < 4.78 is 5.31. The molecule has 2 aromatic carbocycles. The summed E-state index contributed by atoms with van der Waals surface area (Å²) >= 11 is 1.56. The van der Waals surface area contributed by atoms with E-state index in [1.807, 2.05) is 51.1 Å². The van der Waals surface area contributed by atoms with Crippen molar-refractivity contribution in [3.8, 4) is 5.75 Å². The van der Waals surface area contributed by atoms with Crippen molar-refractivity contribution in [3.63, 3.8) is 0 Å². The molecule has 1 atom stereocenters. The fourth-order valence-electron chi connectivity index (χ4n) is 3.17. The zero-order chi connectivity index (χ0) is 23.0. The molecular weight excluding hydrogens is 408 g/mol. The molecule has 0 fully saturated rings. The molecule has 0 spiro atoms. The van der Waals surface area contributed by atoms with E-state index in [-0.39, 0.29) is 17.4 Å². The molecule has 0 bridgehead atoms. The second kappa shape index (κ2) is 11.2. The first kappa shape index (κ1) is 24.8. The van der Waals surface area contributed by atoms with Crippen LogP contribution in [0.4, 0.5) is 0 Å². The molecule has 2 amide bonds. The van der Waals surface area contributed by atoms with E-state index in [1.54, 1.807) is 30.7 Å². The number of ether oxygens (including phenoxy) is 1. The highest BCUT2D eigenvalue weighted by atomic mass is 32.2. The van der Waals surface area contributed by atoms with Gasteiger partial charge < -0.3 is 15.0 Å². The quantitative estimate of drug-likeness (QED) is 0.618. The van der Waals surface area contributed by atoms with Crippen LogP contribution in [0.25, 0.3) is 0 Å². The fourth-order valence-corrected chi connectivity index (χ4v) is 4.02. The molecule has 0 unspecified atom stereocenters. The smallest absolute Gasteiger partial charge is 0.242 e. The van der Waals surface area contributed by atoms with Crippen LogP contribution >= 0.6 is 11.8 Å². The minimum Gasteiger partial charge on any atom is -0.497 e. The SMILES string of the molecule is COc1cccc(CN(C(=O)CSCc2cccc(C)c2)[C@H](C)C(=O)NC(C)(C)C)c1. The van der Waals surface area contributed by atoms with Crippen LogP contribution in [0.3, 0.4) is 0 Å². The highest BCUT2D eigenvalue weighted by Gasteiger charge is 2.28. The van der Waals surface area contributed by atoms with Gasteiger partial charge in [0.1, 0.15) is 11.8 Å². The predicted octanol–water partition coefficient (Wildman–Crippen LogP) is 4.57. The zero-order valence-corrected chi connectivity index (χ0v) is 20.2. The molecule has 0 aliphatic rings. The highest BCUT2D eigenvalue weighted by Crippen LogP contribution is 2.19. The number of hydrogen-bond donors (Lipinski definition) is 1. The summed E-state index contributed by atoms with van der Waals surface area (Å²) in [4.78, 5) is 27.6. The van der Waals surface area contributed by atoms with Crippen molar-refractivity contribution in [2.45, 2.75) is 58.5 Å². The molecular formula is C25H34N2O3S. The summed E-state index contributed by atoms with van der Waals surface area (Å²) in [5.41, 5.74) is 2.95. The summed E-state index contributed by atoms with van der Waals surface area (Å²) in [5.74, 6) is 1.57. The molecule has 0 aliphatic carbocycles. The average molecular weight is 443 g/mol. The van der Waals surface area contributed by atoms with Crippen molar-refractivity contribution in [1.82, 2.24) is 10.2 Å². The van der Waals surface area contributed by atoms with Crippen LogP contribution in [0, 0.1) is 6.92 Å². The molecule has 1 N–H and O–H groups in total. The van der Waals surface area contributed by atoms with Crippen molar-refractivity contribution >= 4 is 23.6 Å². The van der Waals surface area contributed by atoms with Gasteiger partial charge in [0.25, 0.3) is 0 Å². The molecule has 6 heteroatoms. The van der Waals surface area contributed by atoms with Gasteiger partial charge in [0.15, 0.2) is 0 Å². The topological polar surface area (TPSA) is 58.6 Å². The van der Waals surface area contributed by atoms with Gasteiger partial charge in [0.05, 0.1) is 12.9 Å². The van der Waals surface area contributed by atoms with Gasteiger partial charge in [-0.2, -0.15) is 0 Å². The number of rotatable bonds is 9. The maximum Gasteiger partial charge on any atom is 0.242 e. The number of nitrogens with one attached hydrogen (secondary N) is 1. The van der Waals surface area contributed by atoms with Gasteiger partial charge in [-0.1, -0.05) is 42.0 Å². The minimum absolute atomic E-state index is 0.0583. The zero-order valence-electron chi connectivity index (χ0n) is 19.4. The number of amides is 2. The molecule has 0 saturated carbocycles. The van der Waals surface area contributed by atoms with Crippen LogP contribution in [-0.4, -0.2) is 41.2 Å². The number of nitrogens with zero attached hydrogens (tertiary/aromatic N) is 1. The van der Waals surface area contributed by atoms with Gasteiger partial charge in [-0.05, 0) is 57.9 Å². The van der Waals surface area contributed by atoms with Crippen molar-refractivity contribution in [2.75, 3.05) is 12.9 Å². The van der Waals surface area contributed by atoms with E-state index >= 15 is 0 Å². The average Bonchev–Trinajstić information content (AvgIpc) is 2.70. The molecule has 2 aromatic rings. The second-order valence-electron chi connectivity index (χ2n) is 8.77. The Hall–Kier alpha value is -2.47. The maximum absolute atomic E-state index is 13.2. The van der Waals surface area contributed by atoms with E-state index in [1.165, 1.54) is 11.1 Å². The van der Waals surface area contributed by atoms with E-state index in [9.17, 15) is 9.59 Å². The molecule has 168 valence electrons. The summed E-state index contributed by atoms with van der Waals surface area (Å²) in [6, 6.07) is 15.3. The van der Waals surface area contributed by atoms with Crippen LogP contribution in [0.1, 0.15) is 44.4 Å². The standard InChI is InChI=1S/C25H34N2O3S/c1-18-9-7-11-21(13-18)16-31-17-23(28)27(19(2)24(29)26-25(3,4)5)15-20-10-8-12-22(14-20)30-6/h7-14,19H,15-17H2,1-6H3,(H,26,29)/t19-/m1/s1. The third kappa shape index (κ3) is 8.29. The Labute approximate surface area is 190 Å². The van der Waals surface area contributed by atoms with Crippen molar-refractivity contribution in [3.05, 3.63) is 65.2 Å². The van der Waals surface area contributed by atoms with Crippen molar-refractivity contribution in [2.24, 2.45) is 0 Å². The largest absolute Gasteiger partial charge is 0.497 e. The van der Waals surface area contributed by atoms with Gasteiger partial charge in [-0.25, -0.2) is 0 Å². The lowest BCUT2D eigenvalue weighted by molar-refractivity contribution is -0.139. The Bertz CT molecular complexity index is 892. The van der Waals surface area contributed by atoms with E-state index in [0.717, 1.165) is 17.1 Å². The van der Waals surface area contributed by atoms with Gasteiger partial charge in [0.2, 0.25) is 11.8 Å². The van der Waals surface area contributed by atoms with Crippen LogP contribution in [-0.2, 0) is 21.9 Å². The molecule has 0 saturated heterocycles. The van der Waals surface area contributed by atoms with E-state index in [2.05, 4.69) is 30.4 Å². The normalized spacial score (nSPS) is 12.2. The number of aryl methyl sites for hydroxylation is 1. The molecule has 2 rings (SSSR count). The Morgan fingerprint density at radius 1 is 1.10 bits per heavy atom. The lowest BCUT2D eigenvalue weighted by Crippen LogP contribution is -2.52. The number of thioether (sulfide) groups is 1. The third-order valence-corrected chi connectivity index (χ3v) is 5.72. The first-order valence-corrected chi connectivity index (χ1v) is 11.6. The number of benzene rings is 2. The first-order valence-electron chi connectivity index (χ1n) is 10.5. The molecule has 0 heterocycles. The van der Waals surface area contributed by atoms with Gasteiger partial charge in [0, 0.05) is 17.8 Å². The second-order valence-corrected chi connectivity index (χ2v) is 9.76. The van der Waals surface area contributed by atoms with Gasteiger partial charge >= 0.3 is 0 Å². The third-order valence-electron chi connectivity index (χ3n) is 4.73. The van der Waals surface area contributed by atoms with E-state index in [4.69, 9.17) is 4.74 Å². The maximum atomic E-state index is 13.2. The van der Waals surface area contributed by atoms with E-state index < -0.39 is 6.04 Å². The molecule has 0 aliphatic heterocycles. The first-order chi connectivity index (χ1) is 14.6. The van der Waals surface area contributed by atoms with E-state index in [0.29, 0.717) is 12.3 Å². The Morgan fingerprint density at radius 3 is 2.42 bits per heavy atom. The monoisotopic (exact) mass is 442 g/mol. The van der Waals surface area contributed by atoms with Gasteiger partial charge in [-0.15, -0.1) is 11.8 Å². The molecule has 31 heavy (non-hydrogen) atoms. The number of carbonyl (C=O) groups is 2. The lowest BCUT2D eigenvalue weighted by Gasteiger charge is -2.31. The lowest BCUT2D eigenvalue weighted by atomic mass is 10.1. The predicted molar refractivity (Wildman–Crippen MR) is 128 cm³/mol. The number of methoxy groups -OCH3 is 1. The van der Waals surface area contributed by atoms with Crippen molar-refractivity contribution in [1.29, 1.82) is 0 Å². The van der Waals surface area contributed by atoms with Crippen LogP contribution in [0.15, 0.2) is 48.5 Å².